The largest absolute Gasteiger partial charge is 0.463 e. The van der Waals surface area contributed by atoms with Crippen molar-refractivity contribution in [2.24, 2.45) is 0 Å². The number of rotatable bonds is 6. The van der Waals surface area contributed by atoms with Crippen molar-refractivity contribution in [3.8, 4) is 5.69 Å². The Hall–Kier alpha value is -3.21. The molecule has 1 atom stereocenters. The summed E-state index contributed by atoms with van der Waals surface area (Å²) in [6.07, 6.45) is 7.20. The fourth-order valence-corrected chi connectivity index (χ4v) is 4.11. The first-order valence-corrected chi connectivity index (χ1v) is 10.4. The lowest BCUT2D eigenvalue weighted by molar-refractivity contribution is -0.137. The highest BCUT2D eigenvalue weighted by atomic mass is 19.1. The van der Waals surface area contributed by atoms with Crippen LogP contribution in [-0.4, -0.2) is 22.4 Å². The molecule has 0 N–H and O–H groups in total. The summed E-state index contributed by atoms with van der Waals surface area (Å²) in [6, 6.07) is 16.7. The van der Waals surface area contributed by atoms with Gasteiger partial charge >= 0.3 is 5.97 Å². The first-order chi connectivity index (χ1) is 14.7. The topological polar surface area (TPSA) is 44.1 Å². The minimum atomic E-state index is -0.380. The van der Waals surface area contributed by atoms with Crippen molar-refractivity contribution in [3.63, 3.8) is 0 Å². The quantitative estimate of drug-likeness (QED) is 0.416. The van der Waals surface area contributed by atoms with Gasteiger partial charge in [-0.2, -0.15) is 5.10 Å². The van der Waals surface area contributed by atoms with Crippen LogP contribution in [0.5, 0.6) is 0 Å². The molecule has 4 nitrogen and oxygen atoms in total. The average molecular weight is 404 g/mol. The van der Waals surface area contributed by atoms with E-state index in [9.17, 15) is 9.18 Å². The number of halogens is 1. The van der Waals surface area contributed by atoms with Gasteiger partial charge in [0.25, 0.3) is 0 Å². The van der Waals surface area contributed by atoms with Crippen LogP contribution < -0.4 is 0 Å². The second kappa shape index (κ2) is 9.08. The van der Waals surface area contributed by atoms with E-state index in [2.05, 4.69) is 24.3 Å². The summed E-state index contributed by atoms with van der Waals surface area (Å²) in [5, 5.41) is 4.94. The van der Waals surface area contributed by atoms with Crippen molar-refractivity contribution >= 4 is 12.0 Å². The van der Waals surface area contributed by atoms with Gasteiger partial charge in [-0.05, 0) is 68.5 Å². The zero-order valence-electron chi connectivity index (χ0n) is 17.1. The molecule has 0 radical (unpaired) electrons. The van der Waals surface area contributed by atoms with Crippen LogP contribution >= 0.6 is 0 Å². The van der Waals surface area contributed by atoms with Gasteiger partial charge in [-0.3, -0.25) is 0 Å². The zero-order valence-corrected chi connectivity index (χ0v) is 17.1. The van der Waals surface area contributed by atoms with Crippen LogP contribution in [0.1, 0.15) is 48.2 Å². The molecule has 1 heterocycles. The molecule has 1 unspecified atom stereocenters. The molecule has 0 aliphatic heterocycles. The molecule has 4 rings (SSSR count). The summed E-state index contributed by atoms with van der Waals surface area (Å²) in [6.45, 7) is 2.11. The minimum absolute atomic E-state index is 0.291. The molecule has 0 spiro atoms. The smallest absolute Gasteiger partial charge is 0.330 e. The van der Waals surface area contributed by atoms with E-state index in [4.69, 9.17) is 9.84 Å². The summed E-state index contributed by atoms with van der Waals surface area (Å²) < 4.78 is 20.3. The van der Waals surface area contributed by atoms with Crippen LogP contribution in [0, 0.1) is 5.82 Å². The standard InChI is InChI=1S/C25H25FN2O2/c1-2-30-24(29)16-15-23-22-10-6-9-19(17-18-7-4-3-5-8-18)25(22)27-28(23)21-13-11-20(26)12-14-21/h3-5,7-8,11-16,19H,2,6,9-10,17H2,1H3/b16-15+. The first-order valence-electron chi connectivity index (χ1n) is 10.4. The predicted octanol–water partition coefficient (Wildman–Crippen LogP) is 5.25. The molecule has 1 aliphatic rings. The summed E-state index contributed by atoms with van der Waals surface area (Å²) in [4.78, 5) is 11.9. The summed E-state index contributed by atoms with van der Waals surface area (Å²) in [5.74, 6) is -0.358. The highest BCUT2D eigenvalue weighted by molar-refractivity contribution is 5.87. The van der Waals surface area contributed by atoms with Crippen LogP contribution in [0.4, 0.5) is 4.39 Å². The molecule has 30 heavy (non-hydrogen) atoms. The number of fused-ring (bicyclic) bond motifs is 1. The van der Waals surface area contributed by atoms with E-state index in [1.165, 1.54) is 23.8 Å². The SMILES string of the molecule is CCOC(=O)/C=C/c1c2c(nn1-c1ccc(F)cc1)C(Cc1ccccc1)CCC2. The van der Waals surface area contributed by atoms with E-state index in [0.29, 0.717) is 12.5 Å². The number of hydrogen-bond donors (Lipinski definition) is 0. The highest BCUT2D eigenvalue weighted by Crippen LogP contribution is 2.36. The third kappa shape index (κ3) is 4.35. The molecular formula is C25H25FN2O2. The zero-order chi connectivity index (χ0) is 20.9. The Balaban J connectivity index is 1.75. The Morgan fingerprint density at radius 2 is 1.97 bits per heavy atom. The second-order valence-electron chi connectivity index (χ2n) is 7.50. The van der Waals surface area contributed by atoms with Crippen molar-refractivity contribution < 1.29 is 13.9 Å². The molecule has 0 saturated carbocycles. The first kappa shape index (κ1) is 20.1. The van der Waals surface area contributed by atoms with E-state index >= 15 is 0 Å². The lowest BCUT2D eigenvalue weighted by Gasteiger charge is -2.21. The van der Waals surface area contributed by atoms with Gasteiger partial charge in [-0.25, -0.2) is 13.9 Å². The summed E-state index contributed by atoms with van der Waals surface area (Å²) in [5.41, 5.74) is 5.15. The molecule has 1 aromatic heterocycles. The fourth-order valence-electron chi connectivity index (χ4n) is 4.11. The Morgan fingerprint density at radius 3 is 2.70 bits per heavy atom. The van der Waals surface area contributed by atoms with Gasteiger partial charge in [-0.15, -0.1) is 0 Å². The third-order valence-electron chi connectivity index (χ3n) is 5.48. The maximum absolute atomic E-state index is 13.5. The van der Waals surface area contributed by atoms with Crippen molar-refractivity contribution in [3.05, 3.63) is 89.0 Å². The van der Waals surface area contributed by atoms with E-state index in [0.717, 1.165) is 48.3 Å². The number of carbonyl (C=O) groups excluding carboxylic acids is 1. The average Bonchev–Trinajstić information content (AvgIpc) is 3.13. The van der Waals surface area contributed by atoms with Crippen molar-refractivity contribution in [2.75, 3.05) is 6.61 Å². The van der Waals surface area contributed by atoms with Crippen LogP contribution in [0.25, 0.3) is 11.8 Å². The molecule has 154 valence electrons. The lowest BCUT2D eigenvalue weighted by Crippen LogP contribution is -2.12. The van der Waals surface area contributed by atoms with Gasteiger partial charge in [0, 0.05) is 17.6 Å². The number of nitrogens with zero attached hydrogens (tertiary/aromatic N) is 2. The number of benzene rings is 2. The second-order valence-corrected chi connectivity index (χ2v) is 7.50. The Bertz CT molecular complexity index is 1040. The summed E-state index contributed by atoms with van der Waals surface area (Å²) in [7, 11) is 0. The van der Waals surface area contributed by atoms with E-state index < -0.39 is 0 Å². The molecule has 5 heteroatoms. The number of aromatic nitrogens is 2. The molecular weight excluding hydrogens is 379 g/mol. The van der Waals surface area contributed by atoms with Crippen molar-refractivity contribution in [1.29, 1.82) is 0 Å². The van der Waals surface area contributed by atoms with Crippen LogP contribution in [-0.2, 0) is 22.4 Å². The maximum Gasteiger partial charge on any atom is 0.330 e. The van der Waals surface area contributed by atoms with E-state index in [1.54, 1.807) is 25.1 Å². The number of esters is 1. The van der Waals surface area contributed by atoms with Gasteiger partial charge < -0.3 is 4.74 Å². The van der Waals surface area contributed by atoms with Gasteiger partial charge in [-0.1, -0.05) is 30.3 Å². The third-order valence-corrected chi connectivity index (χ3v) is 5.48. The van der Waals surface area contributed by atoms with E-state index in [1.807, 2.05) is 10.7 Å². The number of carbonyl (C=O) groups is 1. The van der Waals surface area contributed by atoms with Crippen LogP contribution in [0.2, 0.25) is 0 Å². The molecule has 0 bridgehead atoms. The lowest BCUT2D eigenvalue weighted by atomic mass is 9.83. The molecule has 0 fully saturated rings. The van der Waals surface area contributed by atoms with E-state index in [-0.39, 0.29) is 11.8 Å². The Morgan fingerprint density at radius 1 is 1.20 bits per heavy atom. The van der Waals surface area contributed by atoms with Gasteiger partial charge in [0.1, 0.15) is 5.82 Å². The minimum Gasteiger partial charge on any atom is -0.463 e. The maximum atomic E-state index is 13.5. The molecule has 1 aliphatic carbocycles. The molecule has 0 saturated heterocycles. The van der Waals surface area contributed by atoms with Crippen LogP contribution in [0.15, 0.2) is 60.7 Å². The Kier molecular flexibility index (Phi) is 6.07. The van der Waals surface area contributed by atoms with Crippen molar-refractivity contribution in [1.82, 2.24) is 9.78 Å². The molecule has 0 amide bonds. The molecule has 3 aromatic rings. The van der Waals surface area contributed by atoms with Gasteiger partial charge in [0.05, 0.1) is 23.7 Å². The molecule has 2 aromatic carbocycles. The Labute approximate surface area is 176 Å². The fraction of sp³-hybridized carbons (Fsp3) is 0.280. The highest BCUT2D eigenvalue weighted by Gasteiger charge is 2.28. The monoisotopic (exact) mass is 404 g/mol. The summed E-state index contributed by atoms with van der Waals surface area (Å²) >= 11 is 0. The number of hydrogen-bond acceptors (Lipinski definition) is 3. The predicted molar refractivity (Wildman–Crippen MR) is 115 cm³/mol. The normalized spacial score (nSPS) is 15.9. The van der Waals surface area contributed by atoms with Crippen LogP contribution in [0.3, 0.4) is 0 Å². The number of ether oxygens (including phenoxy) is 1. The van der Waals surface area contributed by atoms with Gasteiger partial charge in [0.15, 0.2) is 0 Å². The van der Waals surface area contributed by atoms with Gasteiger partial charge in [0.2, 0.25) is 0 Å². The van der Waals surface area contributed by atoms with Crippen molar-refractivity contribution in [2.45, 2.75) is 38.5 Å².